The fourth-order valence-electron chi connectivity index (χ4n) is 2.79. The van der Waals surface area contributed by atoms with E-state index in [1.165, 1.54) is 12.1 Å². The standard InChI is InChI=1S/C19H17F3N2O2/c1-19(7-2-8-19)24-18(26)13-9-11(3-5-14(13)20)17(25)23-12-4-6-15(21)16(22)10-12/h3-6,9-10H,2,7-8H2,1H3,(H,23,25)(H,24,26). The summed E-state index contributed by atoms with van der Waals surface area (Å²) in [6, 6.07) is 6.30. The Morgan fingerprint density at radius 2 is 1.62 bits per heavy atom. The van der Waals surface area contributed by atoms with E-state index in [9.17, 15) is 22.8 Å². The molecule has 4 nitrogen and oxygen atoms in total. The van der Waals surface area contributed by atoms with Gasteiger partial charge in [0.2, 0.25) is 0 Å². The average molecular weight is 362 g/mol. The highest BCUT2D eigenvalue weighted by Crippen LogP contribution is 2.31. The Hall–Kier alpha value is -2.83. The van der Waals surface area contributed by atoms with Gasteiger partial charge in [-0.2, -0.15) is 0 Å². The second-order valence-electron chi connectivity index (χ2n) is 6.65. The van der Waals surface area contributed by atoms with Gasteiger partial charge in [-0.05, 0) is 56.5 Å². The van der Waals surface area contributed by atoms with Crippen LogP contribution in [0.1, 0.15) is 46.9 Å². The first kappa shape index (κ1) is 18.0. The molecule has 0 bridgehead atoms. The molecule has 2 amide bonds. The zero-order valence-corrected chi connectivity index (χ0v) is 14.0. The molecule has 0 aliphatic heterocycles. The van der Waals surface area contributed by atoms with Crippen LogP contribution < -0.4 is 10.6 Å². The Kier molecular flexibility index (Phi) is 4.71. The minimum atomic E-state index is -1.10. The summed E-state index contributed by atoms with van der Waals surface area (Å²) in [7, 11) is 0. The third-order valence-electron chi connectivity index (χ3n) is 4.52. The third-order valence-corrected chi connectivity index (χ3v) is 4.52. The molecule has 3 rings (SSSR count). The van der Waals surface area contributed by atoms with Gasteiger partial charge in [0.1, 0.15) is 5.82 Å². The van der Waals surface area contributed by atoms with Crippen LogP contribution >= 0.6 is 0 Å². The van der Waals surface area contributed by atoms with Crippen molar-refractivity contribution in [3.8, 4) is 0 Å². The number of carbonyl (C=O) groups is 2. The summed E-state index contributed by atoms with van der Waals surface area (Å²) in [6.45, 7) is 1.88. The van der Waals surface area contributed by atoms with Gasteiger partial charge in [0, 0.05) is 22.9 Å². The number of halogens is 3. The molecule has 0 spiro atoms. The maximum Gasteiger partial charge on any atom is 0.255 e. The first-order valence-corrected chi connectivity index (χ1v) is 8.16. The highest BCUT2D eigenvalue weighted by atomic mass is 19.2. The van der Waals surface area contributed by atoms with E-state index in [-0.39, 0.29) is 22.4 Å². The lowest BCUT2D eigenvalue weighted by atomic mass is 9.78. The molecule has 0 aromatic heterocycles. The summed E-state index contributed by atoms with van der Waals surface area (Å²) in [5.41, 5.74) is -0.518. The van der Waals surface area contributed by atoms with Gasteiger partial charge in [0.05, 0.1) is 5.56 Å². The summed E-state index contributed by atoms with van der Waals surface area (Å²) >= 11 is 0. The van der Waals surface area contributed by atoms with E-state index in [1.54, 1.807) is 0 Å². The van der Waals surface area contributed by atoms with Crippen molar-refractivity contribution < 1.29 is 22.8 Å². The maximum atomic E-state index is 14.0. The van der Waals surface area contributed by atoms with Crippen LogP contribution in [0.25, 0.3) is 0 Å². The van der Waals surface area contributed by atoms with Crippen molar-refractivity contribution in [1.82, 2.24) is 5.32 Å². The summed E-state index contributed by atoms with van der Waals surface area (Å²) in [4.78, 5) is 24.6. The van der Waals surface area contributed by atoms with Gasteiger partial charge in [-0.1, -0.05) is 0 Å². The predicted octanol–water partition coefficient (Wildman–Crippen LogP) is 4.03. The monoisotopic (exact) mass is 362 g/mol. The fourth-order valence-corrected chi connectivity index (χ4v) is 2.79. The lowest BCUT2D eigenvalue weighted by Crippen LogP contribution is -2.51. The van der Waals surface area contributed by atoms with E-state index in [0.717, 1.165) is 43.5 Å². The molecular formula is C19H17F3N2O2. The largest absolute Gasteiger partial charge is 0.347 e. The van der Waals surface area contributed by atoms with E-state index in [4.69, 9.17) is 0 Å². The van der Waals surface area contributed by atoms with Crippen molar-refractivity contribution in [3.63, 3.8) is 0 Å². The molecule has 1 aliphatic carbocycles. The van der Waals surface area contributed by atoms with Crippen LogP contribution in [0, 0.1) is 17.5 Å². The number of rotatable bonds is 4. The second kappa shape index (κ2) is 6.82. The number of carbonyl (C=O) groups excluding carboxylic acids is 2. The predicted molar refractivity (Wildman–Crippen MR) is 90.4 cm³/mol. The van der Waals surface area contributed by atoms with Crippen LogP contribution in [0.3, 0.4) is 0 Å². The summed E-state index contributed by atoms with van der Waals surface area (Å²) in [5, 5.41) is 5.16. The summed E-state index contributed by atoms with van der Waals surface area (Å²) in [6.07, 6.45) is 2.63. The SMILES string of the molecule is CC1(NC(=O)c2cc(C(=O)Nc3ccc(F)c(F)c3)ccc2F)CCC1. The number of amides is 2. The number of nitrogens with one attached hydrogen (secondary N) is 2. The Labute approximate surface area is 148 Å². The molecule has 2 aromatic carbocycles. The van der Waals surface area contributed by atoms with E-state index in [2.05, 4.69) is 10.6 Å². The van der Waals surface area contributed by atoms with Crippen molar-refractivity contribution in [2.24, 2.45) is 0 Å². The number of benzene rings is 2. The lowest BCUT2D eigenvalue weighted by Gasteiger charge is -2.39. The molecule has 26 heavy (non-hydrogen) atoms. The average Bonchev–Trinajstić information content (AvgIpc) is 2.57. The zero-order chi connectivity index (χ0) is 18.9. The smallest absolute Gasteiger partial charge is 0.255 e. The minimum Gasteiger partial charge on any atom is -0.347 e. The minimum absolute atomic E-state index is 0.0278. The van der Waals surface area contributed by atoms with Crippen molar-refractivity contribution in [3.05, 3.63) is 65.0 Å². The van der Waals surface area contributed by atoms with Gasteiger partial charge in [0.15, 0.2) is 11.6 Å². The van der Waals surface area contributed by atoms with E-state index >= 15 is 0 Å². The molecular weight excluding hydrogens is 345 g/mol. The molecule has 0 heterocycles. The lowest BCUT2D eigenvalue weighted by molar-refractivity contribution is 0.0846. The van der Waals surface area contributed by atoms with Gasteiger partial charge in [-0.25, -0.2) is 13.2 Å². The number of hydrogen-bond acceptors (Lipinski definition) is 2. The third kappa shape index (κ3) is 3.71. The first-order chi connectivity index (χ1) is 12.3. The Balaban J connectivity index is 1.78. The molecule has 1 fully saturated rings. The summed E-state index contributed by atoms with van der Waals surface area (Å²) < 4.78 is 40.2. The molecule has 7 heteroatoms. The fraction of sp³-hybridized carbons (Fsp3) is 0.263. The van der Waals surface area contributed by atoms with Crippen molar-refractivity contribution in [1.29, 1.82) is 0 Å². The molecule has 0 unspecified atom stereocenters. The molecule has 1 saturated carbocycles. The quantitative estimate of drug-likeness (QED) is 0.863. The molecule has 2 aromatic rings. The van der Waals surface area contributed by atoms with Gasteiger partial charge in [0.25, 0.3) is 11.8 Å². The number of hydrogen-bond donors (Lipinski definition) is 2. The van der Waals surface area contributed by atoms with Crippen LogP contribution in [0.2, 0.25) is 0 Å². The second-order valence-corrected chi connectivity index (χ2v) is 6.65. The topological polar surface area (TPSA) is 58.2 Å². The van der Waals surface area contributed by atoms with Crippen LogP contribution in [0.5, 0.6) is 0 Å². The zero-order valence-electron chi connectivity index (χ0n) is 14.0. The van der Waals surface area contributed by atoms with Gasteiger partial charge < -0.3 is 10.6 Å². The normalized spacial score (nSPS) is 15.1. The van der Waals surface area contributed by atoms with Crippen LogP contribution in [0.4, 0.5) is 18.9 Å². The Morgan fingerprint density at radius 1 is 0.923 bits per heavy atom. The van der Waals surface area contributed by atoms with E-state index in [0.29, 0.717) is 0 Å². The molecule has 136 valence electrons. The van der Waals surface area contributed by atoms with Crippen molar-refractivity contribution in [2.45, 2.75) is 31.7 Å². The van der Waals surface area contributed by atoms with Crippen molar-refractivity contribution in [2.75, 3.05) is 5.32 Å². The Morgan fingerprint density at radius 3 is 2.23 bits per heavy atom. The first-order valence-electron chi connectivity index (χ1n) is 8.16. The molecule has 0 radical (unpaired) electrons. The summed E-state index contributed by atoms with van der Waals surface area (Å²) in [5.74, 6) is -4.13. The van der Waals surface area contributed by atoms with Crippen LogP contribution in [0.15, 0.2) is 36.4 Å². The number of anilines is 1. The Bertz CT molecular complexity index is 879. The molecule has 2 N–H and O–H groups in total. The highest BCUT2D eigenvalue weighted by molar-refractivity contribution is 6.06. The molecule has 0 atom stereocenters. The van der Waals surface area contributed by atoms with Gasteiger partial charge in [-0.3, -0.25) is 9.59 Å². The maximum absolute atomic E-state index is 14.0. The van der Waals surface area contributed by atoms with Crippen molar-refractivity contribution >= 4 is 17.5 Å². The van der Waals surface area contributed by atoms with Crippen LogP contribution in [-0.4, -0.2) is 17.4 Å². The highest BCUT2D eigenvalue weighted by Gasteiger charge is 2.34. The van der Waals surface area contributed by atoms with Gasteiger partial charge >= 0.3 is 0 Å². The van der Waals surface area contributed by atoms with Crippen LogP contribution in [-0.2, 0) is 0 Å². The molecule has 0 saturated heterocycles. The van der Waals surface area contributed by atoms with E-state index in [1.807, 2.05) is 6.92 Å². The van der Waals surface area contributed by atoms with Gasteiger partial charge in [-0.15, -0.1) is 0 Å². The van der Waals surface area contributed by atoms with E-state index < -0.39 is 29.3 Å². The molecule has 1 aliphatic rings.